The van der Waals surface area contributed by atoms with Gasteiger partial charge in [0.25, 0.3) is 0 Å². The number of carbonyl (C=O) groups excluding carboxylic acids is 1. The topological polar surface area (TPSA) is 84.6 Å². The number of amides is 1. The van der Waals surface area contributed by atoms with Crippen molar-refractivity contribution in [3.8, 4) is 11.5 Å². The monoisotopic (exact) mass is 278 g/mol. The van der Waals surface area contributed by atoms with Crippen molar-refractivity contribution in [1.82, 2.24) is 0 Å². The maximum atomic E-state index is 12.2. The van der Waals surface area contributed by atoms with Crippen LogP contribution >= 0.6 is 0 Å². The van der Waals surface area contributed by atoms with Gasteiger partial charge in [-0.25, -0.2) is 0 Å². The molecule has 0 radical (unpaired) electrons. The molecule has 110 valence electrons. The molecule has 0 aliphatic heterocycles. The molecular weight excluding hydrogens is 256 g/mol. The summed E-state index contributed by atoms with van der Waals surface area (Å²) in [6.45, 7) is 0.699. The van der Waals surface area contributed by atoms with Crippen LogP contribution in [0.4, 0.5) is 5.69 Å². The number of rotatable bonds is 4. The van der Waals surface area contributed by atoms with Gasteiger partial charge in [-0.2, -0.15) is 0 Å². The van der Waals surface area contributed by atoms with Gasteiger partial charge in [0, 0.05) is 12.0 Å². The van der Waals surface area contributed by atoms with Gasteiger partial charge in [-0.15, -0.1) is 0 Å². The molecule has 4 N–H and O–H groups in total. The first-order valence-corrected chi connectivity index (χ1v) is 7.02. The Morgan fingerprint density at radius 1 is 1.40 bits per heavy atom. The van der Waals surface area contributed by atoms with E-state index in [1.165, 1.54) is 6.07 Å². The highest BCUT2D eigenvalue weighted by Crippen LogP contribution is 2.32. The molecule has 0 atom stereocenters. The van der Waals surface area contributed by atoms with Crippen molar-refractivity contribution >= 4 is 11.6 Å². The molecule has 20 heavy (non-hydrogen) atoms. The van der Waals surface area contributed by atoms with Crippen molar-refractivity contribution in [2.24, 2.45) is 17.6 Å². The lowest BCUT2D eigenvalue weighted by Crippen LogP contribution is -2.29. The van der Waals surface area contributed by atoms with Crippen LogP contribution < -0.4 is 15.8 Å². The highest BCUT2D eigenvalue weighted by atomic mass is 16.5. The molecule has 1 aromatic carbocycles. The number of hydrogen-bond donors (Lipinski definition) is 3. The number of phenolic OH excluding ortho intramolecular Hbond substituents is 1. The quantitative estimate of drug-likeness (QED) is 0.736. The summed E-state index contributed by atoms with van der Waals surface area (Å²) in [5, 5.41) is 12.6. The fourth-order valence-corrected chi connectivity index (χ4v) is 2.64. The molecule has 1 amide bonds. The van der Waals surface area contributed by atoms with Gasteiger partial charge in [-0.3, -0.25) is 4.79 Å². The first-order chi connectivity index (χ1) is 9.63. The molecule has 0 bridgehead atoms. The van der Waals surface area contributed by atoms with E-state index in [9.17, 15) is 9.90 Å². The minimum Gasteiger partial charge on any atom is -0.506 e. The molecular formula is C15H22N2O3. The lowest BCUT2D eigenvalue weighted by atomic mass is 9.81. The van der Waals surface area contributed by atoms with Gasteiger partial charge >= 0.3 is 0 Å². The van der Waals surface area contributed by atoms with E-state index in [-0.39, 0.29) is 17.6 Å². The van der Waals surface area contributed by atoms with Crippen LogP contribution in [0.3, 0.4) is 0 Å². The number of aromatic hydroxyl groups is 1. The number of nitrogens with one attached hydrogen (secondary N) is 1. The van der Waals surface area contributed by atoms with Crippen molar-refractivity contribution in [1.29, 1.82) is 0 Å². The summed E-state index contributed by atoms with van der Waals surface area (Å²) >= 11 is 0. The second-order valence-electron chi connectivity index (χ2n) is 5.33. The summed E-state index contributed by atoms with van der Waals surface area (Å²) in [5.41, 5.74) is 6.05. The maximum absolute atomic E-state index is 12.2. The molecule has 1 aromatic rings. The molecule has 0 spiro atoms. The summed E-state index contributed by atoms with van der Waals surface area (Å²) < 4.78 is 5.09. The molecule has 5 heteroatoms. The Kier molecular flexibility index (Phi) is 4.84. The fraction of sp³-hybridized carbons (Fsp3) is 0.533. The van der Waals surface area contributed by atoms with Crippen LogP contribution in [0.2, 0.25) is 0 Å². The predicted molar refractivity (Wildman–Crippen MR) is 77.8 cm³/mol. The van der Waals surface area contributed by atoms with E-state index in [1.54, 1.807) is 19.2 Å². The third-order valence-corrected chi connectivity index (χ3v) is 4.01. The lowest BCUT2D eigenvalue weighted by molar-refractivity contribution is -0.121. The summed E-state index contributed by atoms with van der Waals surface area (Å²) in [6, 6.07) is 4.79. The Bertz CT molecular complexity index is 468. The van der Waals surface area contributed by atoms with Crippen LogP contribution in [0, 0.1) is 11.8 Å². The number of phenols is 1. The number of methoxy groups -OCH3 is 1. The average Bonchev–Trinajstić information content (AvgIpc) is 2.49. The average molecular weight is 278 g/mol. The third kappa shape index (κ3) is 3.42. The first-order valence-electron chi connectivity index (χ1n) is 7.02. The van der Waals surface area contributed by atoms with Gasteiger partial charge in [-0.05, 0) is 50.3 Å². The van der Waals surface area contributed by atoms with E-state index in [0.717, 1.165) is 25.7 Å². The smallest absolute Gasteiger partial charge is 0.227 e. The van der Waals surface area contributed by atoms with E-state index in [2.05, 4.69) is 5.32 Å². The number of nitrogens with two attached hydrogens (primary N) is 1. The summed E-state index contributed by atoms with van der Waals surface area (Å²) in [7, 11) is 1.55. The van der Waals surface area contributed by atoms with E-state index in [4.69, 9.17) is 10.5 Å². The van der Waals surface area contributed by atoms with E-state index < -0.39 is 0 Å². The van der Waals surface area contributed by atoms with Gasteiger partial charge < -0.3 is 20.9 Å². The summed E-state index contributed by atoms with van der Waals surface area (Å²) in [5.74, 6) is 1.16. The summed E-state index contributed by atoms with van der Waals surface area (Å²) in [4.78, 5) is 12.2. The van der Waals surface area contributed by atoms with Crippen molar-refractivity contribution in [2.45, 2.75) is 25.7 Å². The largest absolute Gasteiger partial charge is 0.506 e. The third-order valence-electron chi connectivity index (χ3n) is 4.01. The van der Waals surface area contributed by atoms with Gasteiger partial charge in [0.2, 0.25) is 5.91 Å². The zero-order valence-electron chi connectivity index (χ0n) is 11.8. The van der Waals surface area contributed by atoms with Crippen molar-refractivity contribution in [2.75, 3.05) is 19.0 Å². The van der Waals surface area contributed by atoms with Crippen LogP contribution in [0.15, 0.2) is 18.2 Å². The van der Waals surface area contributed by atoms with Crippen molar-refractivity contribution in [3.05, 3.63) is 18.2 Å². The number of ether oxygens (including phenoxy) is 1. The SMILES string of the molecule is COc1ccc(O)c(NC(=O)C2CCC(CN)CC2)c1. The number of carbonyl (C=O) groups is 1. The van der Waals surface area contributed by atoms with Crippen LogP contribution in [-0.2, 0) is 4.79 Å². The van der Waals surface area contributed by atoms with E-state index >= 15 is 0 Å². The number of hydrogen-bond acceptors (Lipinski definition) is 4. The highest BCUT2D eigenvalue weighted by Gasteiger charge is 2.26. The maximum Gasteiger partial charge on any atom is 0.227 e. The van der Waals surface area contributed by atoms with Crippen LogP contribution in [0.25, 0.3) is 0 Å². The predicted octanol–water partition coefficient (Wildman–Crippen LogP) is 2.10. The van der Waals surface area contributed by atoms with Gasteiger partial charge in [0.15, 0.2) is 0 Å². The first kappa shape index (κ1) is 14.7. The van der Waals surface area contributed by atoms with Crippen LogP contribution in [0.1, 0.15) is 25.7 Å². The zero-order chi connectivity index (χ0) is 14.5. The molecule has 1 fully saturated rings. The van der Waals surface area contributed by atoms with Gasteiger partial charge in [0.05, 0.1) is 12.8 Å². The lowest BCUT2D eigenvalue weighted by Gasteiger charge is -2.26. The number of anilines is 1. The minimum absolute atomic E-state index is 0.00315. The molecule has 1 aliphatic rings. The second-order valence-corrected chi connectivity index (χ2v) is 5.33. The Labute approximate surface area is 119 Å². The standard InChI is InChI=1S/C15H22N2O3/c1-20-12-6-7-14(18)13(8-12)17-15(19)11-4-2-10(9-16)3-5-11/h6-8,10-11,18H,2-5,9,16H2,1H3,(H,17,19). The molecule has 0 heterocycles. The molecule has 1 aliphatic carbocycles. The van der Waals surface area contributed by atoms with Crippen molar-refractivity contribution in [3.63, 3.8) is 0 Å². The highest BCUT2D eigenvalue weighted by molar-refractivity contribution is 5.94. The van der Waals surface area contributed by atoms with Gasteiger partial charge in [-0.1, -0.05) is 0 Å². The van der Waals surface area contributed by atoms with Crippen LogP contribution in [0.5, 0.6) is 11.5 Å². The zero-order valence-corrected chi connectivity index (χ0v) is 11.8. The summed E-state index contributed by atoms with van der Waals surface area (Å²) in [6.07, 6.45) is 3.72. The molecule has 0 saturated heterocycles. The Morgan fingerprint density at radius 3 is 2.70 bits per heavy atom. The molecule has 0 aromatic heterocycles. The molecule has 0 unspecified atom stereocenters. The van der Waals surface area contributed by atoms with E-state index in [0.29, 0.717) is 23.9 Å². The second kappa shape index (κ2) is 6.61. The molecule has 1 saturated carbocycles. The van der Waals surface area contributed by atoms with E-state index in [1.807, 2.05) is 0 Å². The van der Waals surface area contributed by atoms with Gasteiger partial charge in [0.1, 0.15) is 11.5 Å². The molecule has 5 nitrogen and oxygen atoms in total. The normalized spacial score (nSPS) is 22.3. The minimum atomic E-state index is -0.0379. The fourth-order valence-electron chi connectivity index (χ4n) is 2.64. The molecule has 2 rings (SSSR count). The Balaban J connectivity index is 1.98. The van der Waals surface area contributed by atoms with Crippen molar-refractivity contribution < 1.29 is 14.6 Å². The number of benzene rings is 1. The Hall–Kier alpha value is -1.75. The Morgan fingerprint density at radius 2 is 2.10 bits per heavy atom. The van der Waals surface area contributed by atoms with Crippen LogP contribution in [-0.4, -0.2) is 24.7 Å².